The third-order valence-corrected chi connectivity index (χ3v) is 10.3. The summed E-state index contributed by atoms with van der Waals surface area (Å²) in [6, 6.07) is 19.5. The van der Waals surface area contributed by atoms with Crippen molar-refractivity contribution >= 4 is 34.8 Å². The number of likely N-dealkylation sites (tertiary alicyclic amines) is 1. The number of nitrogens with one attached hydrogen (secondary N) is 3. The molecule has 0 unspecified atom stereocenters. The Morgan fingerprint density at radius 1 is 0.980 bits per heavy atom. The van der Waals surface area contributed by atoms with Gasteiger partial charge in [0.2, 0.25) is 11.9 Å². The number of carbonyl (C=O) groups excluding carboxylic acids is 1. The molecule has 3 fully saturated rings. The summed E-state index contributed by atoms with van der Waals surface area (Å²) in [4.78, 5) is 35.8. The van der Waals surface area contributed by atoms with E-state index in [9.17, 15) is 20.1 Å². The van der Waals surface area contributed by atoms with Gasteiger partial charge in [0.05, 0.1) is 24.5 Å². The normalized spacial score (nSPS) is 25.6. The van der Waals surface area contributed by atoms with Crippen LogP contribution in [0.15, 0.2) is 72.0 Å². The maximum absolute atomic E-state index is 12.0. The standard InChI is InChI=1S/C36H47N11O4/c1-45-14-12-24(18-45)40-35(37)41-25-13-15-46(19-25)36-43-33(38-17-26(22-8-4-2-5-9-22)23-10-6-3-7-11-23)30-34(44-36)47(21-39-30)28-16-27(31(50)32(28)51)42-29(49)20-48/h2-11,21,24-28,31-32,48,50-51H,12-20H2,1H3,(H,42,49)(H3,37,40,41)(H,38,43,44)/t24-,25-,27+,28-,31-,32+/m1/s1. The molecule has 3 aliphatic rings. The first-order chi connectivity index (χ1) is 24.8. The fourth-order valence-corrected chi connectivity index (χ4v) is 7.61. The summed E-state index contributed by atoms with van der Waals surface area (Å²) >= 11 is 0. The summed E-state index contributed by atoms with van der Waals surface area (Å²) in [5.74, 6) is 0.893. The van der Waals surface area contributed by atoms with E-state index in [1.807, 2.05) is 36.4 Å². The van der Waals surface area contributed by atoms with Gasteiger partial charge in [0.25, 0.3) is 0 Å². The molecular weight excluding hydrogens is 650 g/mol. The van der Waals surface area contributed by atoms with Crippen LogP contribution in [0.4, 0.5) is 11.8 Å². The second-order valence-corrected chi connectivity index (χ2v) is 13.9. The lowest BCUT2D eigenvalue weighted by atomic mass is 9.91. The number of hydrogen-bond acceptors (Lipinski definition) is 11. The van der Waals surface area contributed by atoms with Crippen LogP contribution in [-0.4, -0.2) is 128 Å². The van der Waals surface area contributed by atoms with Crippen molar-refractivity contribution < 1.29 is 20.1 Å². The Kier molecular flexibility index (Phi) is 10.3. The number of anilines is 2. The third-order valence-electron chi connectivity index (χ3n) is 10.3. The predicted octanol–water partition coefficient (Wildman–Crippen LogP) is 0.401. The van der Waals surface area contributed by atoms with Crippen molar-refractivity contribution in [2.75, 3.05) is 56.6 Å². The number of nitrogens with two attached hydrogens (primary N) is 1. The van der Waals surface area contributed by atoms with Gasteiger partial charge >= 0.3 is 0 Å². The Bertz CT molecular complexity index is 1780. The van der Waals surface area contributed by atoms with Gasteiger partial charge in [-0.2, -0.15) is 9.97 Å². The van der Waals surface area contributed by atoms with Crippen molar-refractivity contribution in [3.8, 4) is 0 Å². The van der Waals surface area contributed by atoms with Crippen molar-refractivity contribution in [3.63, 3.8) is 0 Å². The van der Waals surface area contributed by atoms with Gasteiger partial charge in [-0.05, 0) is 44.0 Å². The zero-order valence-corrected chi connectivity index (χ0v) is 28.7. The van der Waals surface area contributed by atoms with Gasteiger partial charge in [-0.25, -0.2) is 9.98 Å². The predicted molar refractivity (Wildman–Crippen MR) is 195 cm³/mol. The highest BCUT2D eigenvalue weighted by Crippen LogP contribution is 2.35. The van der Waals surface area contributed by atoms with Crippen LogP contribution in [0, 0.1) is 0 Å². The number of nitrogens with zero attached hydrogens (tertiary/aromatic N) is 7. The molecule has 4 aromatic rings. The van der Waals surface area contributed by atoms with Crippen molar-refractivity contribution in [2.45, 2.75) is 61.6 Å². The smallest absolute Gasteiger partial charge is 0.246 e. The van der Waals surface area contributed by atoms with Crippen molar-refractivity contribution in [3.05, 3.63) is 78.1 Å². The van der Waals surface area contributed by atoms with Crippen molar-refractivity contribution in [1.82, 2.24) is 35.1 Å². The average Bonchev–Trinajstić information content (AvgIpc) is 3.94. The number of aliphatic hydroxyl groups is 3. The van der Waals surface area contributed by atoms with Gasteiger partial charge in [0.15, 0.2) is 22.9 Å². The summed E-state index contributed by atoms with van der Waals surface area (Å²) in [6.07, 6.45) is 1.18. The average molecular weight is 698 g/mol. The van der Waals surface area contributed by atoms with Crippen LogP contribution < -0.4 is 26.6 Å². The van der Waals surface area contributed by atoms with E-state index in [-0.39, 0.29) is 24.4 Å². The zero-order chi connectivity index (χ0) is 35.5. The molecule has 8 N–H and O–H groups in total. The first-order valence-electron chi connectivity index (χ1n) is 17.7. The summed E-state index contributed by atoms with van der Waals surface area (Å²) in [5, 5.41) is 40.8. The van der Waals surface area contributed by atoms with Gasteiger partial charge in [-0.1, -0.05) is 60.7 Å². The van der Waals surface area contributed by atoms with Crippen molar-refractivity contribution in [2.24, 2.45) is 10.7 Å². The van der Waals surface area contributed by atoms with Crippen LogP contribution >= 0.6 is 0 Å². The molecular formula is C36H47N11O4. The van der Waals surface area contributed by atoms with E-state index in [2.05, 4.69) is 57.1 Å². The molecule has 1 amide bonds. The number of likely N-dealkylation sites (N-methyl/N-ethyl adjacent to an activating group) is 1. The van der Waals surface area contributed by atoms with Crippen LogP contribution in [0.2, 0.25) is 0 Å². The number of rotatable bonds is 11. The zero-order valence-electron chi connectivity index (χ0n) is 28.7. The number of guanidine groups is 1. The quantitative estimate of drug-likeness (QED) is 0.0842. The summed E-state index contributed by atoms with van der Waals surface area (Å²) < 4.78 is 1.76. The molecule has 2 aliphatic heterocycles. The lowest BCUT2D eigenvalue weighted by molar-refractivity contribution is -0.125. The summed E-state index contributed by atoms with van der Waals surface area (Å²) in [5.41, 5.74) is 9.67. The van der Waals surface area contributed by atoms with E-state index in [1.54, 1.807) is 10.9 Å². The van der Waals surface area contributed by atoms with Gasteiger partial charge in [-0.15, -0.1) is 0 Å². The minimum absolute atomic E-state index is 0.0212. The highest BCUT2D eigenvalue weighted by Gasteiger charge is 2.44. The van der Waals surface area contributed by atoms with E-state index < -0.39 is 36.8 Å². The van der Waals surface area contributed by atoms with Gasteiger partial charge in [0, 0.05) is 38.1 Å². The molecule has 2 aromatic heterocycles. The van der Waals surface area contributed by atoms with Gasteiger partial charge < -0.3 is 51.4 Å². The van der Waals surface area contributed by atoms with Crippen LogP contribution in [0.3, 0.4) is 0 Å². The topological polar surface area (TPSA) is 202 Å². The van der Waals surface area contributed by atoms with Gasteiger partial charge in [0.1, 0.15) is 18.8 Å². The molecule has 6 atom stereocenters. The highest BCUT2D eigenvalue weighted by atomic mass is 16.3. The SMILES string of the molecule is CN1CC[C@@H](N=C(N)N[C@@H]2CCN(c3nc(NCC(c4ccccc4)c4ccccc4)c4ncn([C@@H]5C[C@H](NC(=O)CO)[C@@H](O)[C@H]5O)c4n3)C2)C1. The number of aliphatic imine (C=N–C) groups is 1. The van der Waals surface area contributed by atoms with Crippen LogP contribution in [0.5, 0.6) is 0 Å². The molecule has 0 bridgehead atoms. The Balaban J connectivity index is 1.19. The molecule has 2 aromatic carbocycles. The van der Waals surface area contributed by atoms with Crippen LogP contribution in [0.25, 0.3) is 11.2 Å². The Hall–Kier alpha value is -4.83. The largest absolute Gasteiger partial charge is 0.388 e. The highest BCUT2D eigenvalue weighted by molar-refractivity contribution is 5.85. The number of amides is 1. The number of benzene rings is 2. The number of fused-ring (bicyclic) bond motifs is 1. The van der Waals surface area contributed by atoms with E-state index in [4.69, 9.17) is 25.7 Å². The lowest BCUT2D eigenvalue weighted by Crippen LogP contribution is -2.44. The Morgan fingerprint density at radius 3 is 2.37 bits per heavy atom. The van der Waals surface area contributed by atoms with E-state index in [1.165, 1.54) is 0 Å². The summed E-state index contributed by atoms with van der Waals surface area (Å²) in [6.45, 7) is 3.02. The molecule has 7 rings (SSSR count). The first-order valence-corrected chi connectivity index (χ1v) is 17.7. The summed E-state index contributed by atoms with van der Waals surface area (Å²) in [7, 11) is 2.09. The lowest BCUT2D eigenvalue weighted by Gasteiger charge is -2.22. The molecule has 4 heterocycles. The number of hydrogen-bond donors (Lipinski definition) is 7. The number of imidazole rings is 1. The van der Waals surface area contributed by atoms with E-state index in [0.29, 0.717) is 48.5 Å². The molecule has 270 valence electrons. The molecule has 1 saturated carbocycles. The maximum atomic E-state index is 12.0. The van der Waals surface area contributed by atoms with E-state index >= 15 is 0 Å². The molecule has 0 radical (unpaired) electrons. The fourth-order valence-electron chi connectivity index (χ4n) is 7.61. The first kappa shape index (κ1) is 34.6. The van der Waals surface area contributed by atoms with Crippen LogP contribution in [0.1, 0.15) is 42.3 Å². The van der Waals surface area contributed by atoms with Crippen LogP contribution in [-0.2, 0) is 4.79 Å². The maximum Gasteiger partial charge on any atom is 0.246 e. The molecule has 51 heavy (non-hydrogen) atoms. The molecule has 2 saturated heterocycles. The minimum atomic E-state index is -1.23. The van der Waals surface area contributed by atoms with Crippen molar-refractivity contribution in [1.29, 1.82) is 0 Å². The fraction of sp³-hybridized carbons (Fsp3) is 0.472. The molecule has 1 aliphatic carbocycles. The number of carbonyl (C=O) groups is 1. The second kappa shape index (κ2) is 15.2. The minimum Gasteiger partial charge on any atom is -0.388 e. The van der Waals surface area contributed by atoms with E-state index in [0.717, 1.165) is 37.1 Å². The number of aromatic nitrogens is 4. The monoisotopic (exact) mass is 697 g/mol. The molecule has 15 nitrogen and oxygen atoms in total. The third kappa shape index (κ3) is 7.61. The van der Waals surface area contributed by atoms with Gasteiger partial charge in [-0.3, -0.25) is 4.79 Å². The Labute approximate surface area is 296 Å². The molecule has 15 heteroatoms. The second-order valence-electron chi connectivity index (χ2n) is 13.9. The molecule has 0 spiro atoms. The number of aliphatic hydroxyl groups excluding tert-OH is 3. The Morgan fingerprint density at radius 2 is 1.71 bits per heavy atom.